The second kappa shape index (κ2) is 6.12. The highest BCUT2D eigenvalue weighted by atomic mass is 15.0. The molecule has 1 N–H and O–H groups in total. The van der Waals surface area contributed by atoms with Crippen molar-refractivity contribution in [2.45, 2.75) is 59.9 Å². The normalized spacial score (nSPS) is 17.0. The number of rotatable bonds is 1. The number of pyridine rings is 1. The minimum Gasteiger partial charge on any atom is -0.379 e. The van der Waals surface area contributed by atoms with Crippen molar-refractivity contribution >= 4 is 16.6 Å². The Labute approximate surface area is 133 Å². The van der Waals surface area contributed by atoms with E-state index < -0.39 is 0 Å². The highest BCUT2D eigenvalue weighted by Crippen LogP contribution is 2.37. The summed E-state index contributed by atoms with van der Waals surface area (Å²) in [5, 5.41) is 4.98. The van der Waals surface area contributed by atoms with Gasteiger partial charge < -0.3 is 5.32 Å². The van der Waals surface area contributed by atoms with Crippen LogP contribution < -0.4 is 5.32 Å². The Kier molecular flexibility index (Phi) is 4.19. The first-order chi connectivity index (χ1) is 10.8. The molecule has 1 aromatic heterocycles. The van der Waals surface area contributed by atoms with Gasteiger partial charge in [0.15, 0.2) is 0 Å². The van der Waals surface area contributed by atoms with E-state index in [0.29, 0.717) is 0 Å². The molecule has 1 aromatic carbocycles. The maximum Gasteiger partial charge on any atom is 0.0918 e. The molecule has 0 atom stereocenters. The van der Waals surface area contributed by atoms with E-state index in [1.54, 1.807) is 5.56 Å². The number of hydrogen-bond acceptors (Lipinski definition) is 2. The Bertz CT molecular complexity index is 741. The summed E-state index contributed by atoms with van der Waals surface area (Å²) in [6.07, 6.45) is 7.00. The van der Waals surface area contributed by atoms with E-state index in [4.69, 9.17) is 4.98 Å². The second-order valence-electron chi connectivity index (χ2n) is 5.91. The molecule has 2 nitrogen and oxygen atoms in total. The Morgan fingerprint density at radius 3 is 2.68 bits per heavy atom. The van der Waals surface area contributed by atoms with Crippen LogP contribution >= 0.6 is 0 Å². The van der Waals surface area contributed by atoms with Crippen molar-refractivity contribution in [2.75, 3.05) is 0 Å². The monoisotopic (exact) mass is 294 g/mol. The molecule has 22 heavy (non-hydrogen) atoms. The van der Waals surface area contributed by atoms with Gasteiger partial charge in [-0.25, -0.2) is 4.98 Å². The van der Waals surface area contributed by atoms with Gasteiger partial charge >= 0.3 is 0 Å². The molecule has 116 valence electrons. The van der Waals surface area contributed by atoms with E-state index in [1.807, 2.05) is 13.8 Å². The smallest absolute Gasteiger partial charge is 0.0918 e. The third-order valence-corrected chi connectivity index (χ3v) is 4.68. The Morgan fingerprint density at radius 2 is 1.91 bits per heavy atom. The molecule has 2 aromatic rings. The van der Waals surface area contributed by atoms with Gasteiger partial charge in [0, 0.05) is 17.5 Å². The molecule has 2 aliphatic rings. The van der Waals surface area contributed by atoms with Gasteiger partial charge in [-0.2, -0.15) is 0 Å². The van der Waals surface area contributed by atoms with Gasteiger partial charge in [-0.3, -0.25) is 0 Å². The summed E-state index contributed by atoms with van der Waals surface area (Å²) < 4.78 is 0. The maximum atomic E-state index is 4.97. The Hall–Kier alpha value is -1.83. The molecule has 2 heteroatoms. The summed E-state index contributed by atoms with van der Waals surface area (Å²) in [7, 11) is 0. The zero-order valence-corrected chi connectivity index (χ0v) is 14.2. The summed E-state index contributed by atoms with van der Waals surface area (Å²) in [4.78, 5) is 4.97. The lowest BCUT2D eigenvalue weighted by Gasteiger charge is -2.21. The highest BCUT2D eigenvalue weighted by molar-refractivity contribution is 5.91. The molecular formula is C20H26N2. The Morgan fingerprint density at radius 1 is 1.14 bits per heavy atom. The van der Waals surface area contributed by atoms with E-state index in [-0.39, 0.29) is 0 Å². The van der Waals surface area contributed by atoms with Gasteiger partial charge in [-0.1, -0.05) is 32.9 Å². The van der Waals surface area contributed by atoms with Crippen molar-refractivity contribution < 1.29 is 0 Å². The first kappa shape index (κ1) is 15.1. The van der Waals surface area contributed by atoms with Gasteiger partial charge in [-0.15, -0.1) is 0 Å². The second-order valence-corrected chi connectivity index (χ2v) is 5.91. The SMILES string of the molecule is CC.CC/C=C1\NCc2c1nc1ccc(C)c3c1c2CCC3. The third-order valence-electron chi connectivity index (χ3n) is 4.68. The minimum absolute atomic E-state index is 0.951. The molecule has 0 radical (unpaired) electrons. The number of nitrogens with one attached hydrogen (secondary N) is 1. The highest BCUT2D eigenvalue weighted by Gasteiger charge is 2.25. The van der Waals surface area contributed by atoms with Crippen molar-refractivity contribution in [3.05, 3.63) is 46.2 Å². The van der Waals surface area contributed by atoms with E-state index in [1.165, 1.54) is 58.2 Å². The molecule has 2 heterocycles. The quantitative estimate of drug-likeness (QED) is 0.808. The predicted molar refractivity (Wildman–Crippen MR) is 95.0 cm³/mol. The van der Waals surface area contributed by atoms with Gasteiger partial charge in [0.05, 0.1) is 16.9 Å². The van der Waals surface area contributed by atoms with Gasteiger partial charge in [0.1, 0.15) is 0 Å². The molecule has 4 rings (SSSR count). The van der Waals surface area contributed by atoms with Crippen LogP contribution in [0.4, 0.5) is 0 Å². The van der Waals surface area contributed by atoms with Crippen LogP contribution in [0.25, 0.3) is 16.6 Å². The van der Waals surface area contributed by atoms with E-state index in [9.17, 15) is 0 Å². The minimum atomic E-state index is 0.951. The third kappa shape index (κ3) is 2.22. The number of allylic oxidation sites excluding steroid dienone is 1. The lowest BCUT2D eigenvalue weighted by molar-refractivity contribution is 0.787. The van der Waals surface area contributed by atoms with Crippen LogP contribution in [0, 0.1) is 6.92 Å². The number of nitrogens with zero attached hydrogens (tertiary/aromatic N) is 1. The van der Waals surface area contributed by atoms with Crippen molar-refractivity contribution in [1.82, 2.24) is 10.3 Å². The van der Waals surface area contributed by atoms with Crippen LogP contribution in [0.2, 0.25) is 0 Å². The summed E-state index contributed by atoms with van der Waals surface area (Å²) in [6, 6.07) is 4.43. The first-order valence-electron chi connectivity index (χ1n) is 8.68. The van der Waals surface area contributed by atoms with Gasteiger partial charge in [0.25, 0.3) is 0 Å². The largest absolute Gasteiger partial charge is 0.379 e. The molecule has 0 unspecified atom stereocenters. The fraction of sp³-hybridized carbons (Fsp3) is 0.450. The fourth-order valence-electron chi connectivity index (χ4n) is 3.74. The van der Waals surface area contributed by atoms with E-state index in [2.05, 4.69) is 37.4 Å². The summed E-state index contributed by atoms with van der Waals surface area (Å²) in [6.45, 7) is 9.36. The maximum absolute atomic E-state index is 4.97. The first-order valence-corrected chi connectivity index (χ1v) is 8.68. The lowest BCUT2D eigenvalue weighted by atomic mass is 9.85. The zero-order chi connectivity index (χ0) is 15.7. The van der Waals surface area contributed by atoms with Crippen LogP contribution in [0.3, 0.4) is 0 Å². The predicted octanol–water partition coefficient (Wildman–Crippen LogP) is 4.91. The summed E-state index contributed by atoms with van der Waals surface area (Å²) >= 11 is 0. The van der Waals surface area contributed by atoms with Crippen molar-refractivity contribution in [3.63, 3.8) is 0 Å². The molecule has 0 saturated carbocycles. The average Bonchev–Trinajstić information content (AvgIpc) is 2.96. The van der Waals surface area contributed by atoms with Crippen LogP contribution in [0.5, 0.6) is 0 Å². The molecule has 0 fully saturated rings. The number of aryl methyl sites for hydroxylation is 3. The molecule has 0 saturated heterocycles. The van der Waals surface area contributed by atoms with Crippen molar-refractivity contribution in [1.29, 1.82) is 0 Å². The molecule has 0 spiro atoms. The number of hydrogen-bond donors (Lipinski definition) is 1. The topological polar surface area (TPSA) is 24.9 Å². The zero-order valence-electron chi connectivity index (χ0n) is 14.2. The molecule has 0 bridgehead atoms. The van der Waals surface area contributed by atoms with E-state index in [0.717, 1.165) is 13.0 Å². The average molecular weight is 294 g/mol. The lowest BCUT2D eigenvalue weighted by Crippen LogP contribution is -2.08. The Balaban J connectivity index is 0.000000693. The molecule has 0 amide bonds. The van der Waals surface area contributed by atoms with Crippen LogP contribution in [0.15, 0.2) is 18.2 Å². The van der Waals surface area contributed by atoms with Gasteiger partial charge in [-0.05, 0) is 55.4 Å². The van der Waals surface area contributed by atoms with Crippen LogP contribution in [-0.4, -0.2) is 4.98 Å². The number of fused-ring (bicyclic) bond motifs is 2. The molecular weight excluding hydrogens is 268 g/mol. The van der Waals surface area contributed by atoms with Crippen molar-refractivity contribution in [2.24, 2.45) is 0 Å². The molecule has 1 aliphatic heterocycles. The summed E-state index contributed by atoms with van der Waals surface area (Å²) in [5.41, 5.74) is 9.58. The fourth-order valence-corrected chi connectivity index (χ4v) is 3.74. The van der Waals surface area contributed by atoms with E-state index >= 15 is 0 Å². The van der Waals surface area contributed by atoms with Gasteiger partial charge in [0.2, 0.25) is 0 Å². The van der Waals surface area contributed by atoms with Crippen LogP contribution in [-0.2, 0) is 19.4 Å². The van der Waals surface area contributed by atoms with Crippen LogP contribution in [0.1, 0.15) is 61.6 Å². The standard InChI is InChI=1S/C18H20N2.C2H6/c1-3-5-16-18-14(10-19-16)13-7-4-6-12-11(2)8-9-15(20-18)17(12)13;1-2/h5,8-9,19H,3-4,6-7,10H2,1-2H3;1-2H3/b16-5-;. The van der Waals surface area contributed by atoms with Crippen molar-refractivity contribution in [3.8, 4) is 0 Å². The number of aromatic nitrogens is 1. The summed E-state index contributed by atoms with van der Waals surface area (Å²) in [5.74, 6) is 0. The number of benzene rings is 1. The molecule has 1 aliphatic carbocycles.